The molecule has 2 heterocycles. The maximum absolute atomic E-state index is 4.28. The van der Waals surface area contributed by atoms with Gasteiger partial charge in [0.25, 0.3) is 0 Å². The monoisotopic (exact) mass is 374 g/mol. The molecule has 2 rings (SSSR count). The first-order chi connectivity index (χ1) is 8.20. The van der Waals surface area contributed by atoms with Crippen LogP contribution in [0.5, 0.6) is 0 Å². The average Bonchev–Trinajstić information content (AvgIpc) is 2.35. The topological polar surface area (TPSA) is 50.7 Å². The second kappa shape index (κ2) is 5.79. The lowest BCUT2D eigenvalue weighted by Gasteiger charge is -2.06. The molecule has 0 aliphatic heterocycles. The Morgan fingerprint density at radius 1 is 1.18 bits per heavy atom. The minimum Gasteiger partial charge on any atom is -0.372 e. The molecule has 2 aromatic rings. The van der Waals surface area contributed by atoms with Crippen molar-refractivity contribution in [1.29, 1.82) is 0 Å². The van der Waals surface area contributed by atoms with E-state index in [0.29, 0.717) is 0 Å². The van der Waals surface area contributed by atoms with Crippen LogP contribution in [0.4, 0.5) is 5.82 Å². The van der Waals surface area contributed by atoms with E-state index in [1.165, 1.54) is 18.1 Å². The highest BCUT2D eigenvalue weighted by Crippen LogP contribution is 2.33. The molecule has 2 aromatic heterocycles. The average molecular weight is 376 g/mol. The van der Waals surface area contributed by atoms with E-state index in [0.717, 1.165) is 24.8 Å². The van der Waals surface area contributed by atoms with Crippen molar-refractivity contribution >= 4 is 49.4 Å². The lowest BCUT2D eigenvalue weighted by Crippen LogP contribution is -1.96. The molecule has 0 atom stereocenters. The molecule has 0 saturated carbocycles. The van der Waals surface area contributed by atoms with Gasteiger partial charge in [-0.25, -0.2) is 15.0 Å². The summed E-state index contributed by atoms with van der Waals surface area (Å²) in [5, 5.41) is 4.71. The Hall–Kier alpha value is -0.660. The van der Waals surface area contributed by atoms with Gasteiger partial charge in [0.2, 0.25) is 0 Å². The maximum Gasteiger partial charge on any atom is 0.144 e. The van der Waals surface area contributed by atoms with Crippen LogP contribution in [0.2, 0.25) is 0 Å². The Morgan fingerprint density at radius 2 is 2.00 bits per heavy atom. The number of pyridine rings is 1. The van der Waals surface area contributed by atoms with E-state index in [-0.39, 0.29) is 0 Å². The van der Waals surface area contributed by atoms with Crippen LogP contribution in [0.3, 0.4) is 0 Å². The Balaban J connectivity index is 2.27. The molecular formula is C10H8Br2N4S. The highest BCUT2D eigenvalue weighted by molar-refractivity contribution is 9.10. The smallest absolute Gasteiger partial charge is 0.144 e. The molecule has 0 unspecified atom stereocenters. The first kappa shape index (κ1) is 12.8. The van der Waals surface area contributed by atoms with E-state index in [1.54, 1.807) is 6.20 Å². The van der Waals surface area contributed by atoms with E-state index in [1.807, 2.05) is 19.2 Å². The summed E-state index contributed by atoms with van der Waals surface area (Å²) in [7, 11) is 1.82. The molecule has 7 heteroatoms. The third-order valence-electron chi connectivity index (χ3n) is 1.90. The molecule has 0 radical (unpaired) electrons. The van der Waals surface area contributed by atoms with Gasteiger partial charge in [0.1, 0.15) is 22.2 Å². The Labute approximate surface area is 120 Å². The van der Waals surface area contributed by atoms with Crippen molar-refractivity contribution in [2.45, 2.75) is 10.1 Å². The van der Waals surface area contributed by atoms with Crippen LogP contribution >= 0.6 is 43.6 Å². The number of hydrogen-bond donors (Lipinski definition) is 1. The van der Waals surface area contributed by atoms with Crippen LogP contribution < -0.4 is 5.32 Å². The lowest BCUT2D eigenvalue weighted by atomic mass is 10.5. The molecule has 88 valence electrons. The second-order valence-corrected chi connectivity index (χ2v) is 5.73. The van der Waals surface area contributed by atoms with Crippen LogP contribution in [0.25, 0.3) is 0 Å². The van der Waals surface area contributed by atoms with E-state index in [2.05, 4.69) is 52.1 Å². The van der Waals surface area contributed by atoms with Crippen molar-refractivity contribution in [3.8, 4) is 0 Å². The second-order valence-electron chi connectivity index (χ2n) is 3.01. The molecule has 1 N–H and O–H groups in total. The van der Waals surface area contributed by atoms with Gasteiger partial charge < -0.3 is 5.32 Å². The number of anilines is 1. The third-order valence-corrected chi connectivity index (χ3v) is 4.33. The predicted octanol–water partition coefficient (Wildman–Crippen LogP) is 3.59. The van der Waals surface area contributed by atoms with E-state index < -0.39 is 0 Å². The van der Waals surface area contributed by atoms with Crippen LogP contribution in [0, 0.1) is 0 Å². The summed E-state index contributed by atoms with van der Waals surface area (Å²) >= 11 is 8.30. The van der Waals surface area contributed by atoms with Gasteiger partial charge in [-0.1, -0.05) is 0 Å². The number of aromatic nitrogens is 3. The molecule has 0 aliphatic rings. The zero-order chi connectivity index (χ0) is 12.3. The van der Waals surface area contributed by atoms with Crippen molar-refractivity contribution in [3.05, 3.63) is 33.6 Å². The Bertz CT molecular complexity index is 518. The molecular weight excluding hydrogens is 368 g/mol. The quantitative estimate of drug-likeness (QED) is 0.830. The molecule has 0 aliphatic carbocycles. The van der Waals surface area contributed by atoms with Gasteiger partial charge in [-0.05, 0) is 55.8 Å². The van der Waals surface area contributed by atoms with E-state index in [9.17, 15) is 0 Å². The van der Waals surface area contributed by atoms with Crippen molar-refractivity contribution in [2.75, 3.05) is 12.4 Å². The normalized spacial score (nSPS) is 10.3. The molecule has 0 spiro atoms. The zero-order valence-electron chi connectivity index (χ0n) is 8.82. The molecule has 4 nitrogen and oxygen atoms in total. The highest BCUT2D eigenvalue weighted by Gasteiger charge is 2.09. The molecule has 0 aromatic carbocycles. The summed E-state index contributed by atoms with van der Waals surface area (Å²) in [4.78, 5) is 12.6. The van der Waals surface area contributed by atoms with Crippen LogP contribution in [-0.2, 0) is 0 Å². The van der Waals surface area contributed by atoms with Gasteiger partial charge in [0, 0.05) is 17.7 Å². The summed E-state index contributed by atoms with van der Waals surface area (Å²) in [6.45, 7) is 0. The highest BCUT2D eigenvalue weighted by atomic mass is 79.9. The fraction of sp³-hybridized carbons (Fsp3) is 0.100. The Morgan fingerprint density at radius 3 is 2.65 bits per heavy atom. The Kier molecular flexibility index (Phi) is 4.36. The van der Waals surface area contributed by atoms with Gasteiger partial charge in [-0.3, -0.25) is 0 Å². The number of hydrogen-bond acceptors (Lipinski definition) is 5. The van der Waals surface area contributed by atoms with E-state index in [4.69, 9.17) is 0 Å². The summed E-state index contributed by atoms with van der Waals surface area (Å²) in [6, 6.07) is 3.88. The van der Waals surface area contributed by atoms with Gasteiger partial charge in [-0.2, -0.15) is 0 Å². The van der Waals surface area contributed by atoms with Crippen molar-refractivity contribution in [2.24, 2.45) is 0 Å². The summed E-state index contributed by atoms with van der Waals surface area (Å²) < 4.78 is 1.80. The first-order valence-corrected chi connectivity index (χ1v) is 7.08. The van der Waals surface area contributed by atoms with Gasteiger partial charge in [0.05, 0.1) is 4.47 Å². The van der Waals surface area contributed by atoms with Crippen LogP contribution in [-0.4, -0.2) is 22.0 Å². The van der Waals surface area contributed by atoms with Crippen molar-refractivity contribution < 1.29 is 0 Å². The van der Waals surface area contributed by atoms with Gasteiger partial charge in [0.15, 0.2) is 0 Å². The van der Waals surface area contributed by atoms with Gasteiger partial charge in [-0.15, -0.1) is 0 Å². The molecule has 0 fully saturated rings. The minimum absolute atomic E-state index is 0.764. The first-order valence-electron chi connectivity index (χ1n) is 4.68. The molecule has 0 saturated heterocycles. The largest absolute Gasteiger partial charge is 0.372 e. The number of rotatable bonds is 3. The summed E-state index contributed by atoms with van der Waals surface area (Å²) in [5.41, 5.74) is 0. The summed E-state index contributed by atoms with van der Waals surface area (Å²) in [5.74, 6) is 0.764. The maximum atomic E-state index is 4.28. The van der Waals surface area contributed by atoms with Crippen LogP contribution in [0.1, 0.15) is 0 Å². The SMILES string of the molecule is CNc1ncnc(Sc2ccc(Br)cn2)c1Br. The standard InChI is InChI=1S/C10H8Br2N4S/c1-13-9-8(12)10(16-5-15-9)17-7-3-2-6(11)4-14-7/h2-5H,1H3,(H,13,15,16). The van der Waals surface area contributed by atoms with Crippen LogP contribution in [0.15, 0.2) is 43.7 Å². The van der Waals surface area contributed by atoms with E-state index >= 15 is 0 Å². The fourth-order valence-corrected chi connectivity index (χ4v) is 2.73. The number of nitrogens with one attached hydrogen (secondary N) is 1. The van der Waals surface area contributed by atoms with Crippen molar-refractivity contribution in [3.63, 3.8) is 0 Å². The number of nitrogens with zero attached hydrogens (tertiary/aromatic N) is 3. The zero-order valence-corrected chi connectivity index (χ0v) is 12.8. The third kappa shape index (κ3) is 3.17. The fourth-order valence-electron chi connectivity index (χ4n) is 1.12. The van der Waals surface area contributed by atoms with Gasteiger partial charge >= 0.3 is 0 Å². The predicted molar refractivity (Wildman–Crippen MR) is 75.3 cm³/mol. The summed E-state index contributed by atoms with van der Waals surface area (Å²) in [6.07, 6.45) is 3.29. The molecule has 0 bridgehead atoms. The van der Waals surface area contributed by atoms with Crippen molar-refractivity contribution in [1.82, 2.24) is 15.0 Å². The minimum atomic E-state index is 0.764. The molecule has 0 amide bonds. The number of halogens is 2. The molecule has 17 heavy (non-hydrogen) atoms. The lowest BCUT2D eigenvalue weighted by molar-refractivity contribution is 1.02.